The average Bonchev–Trinajstić information content (AvgIpc) is 3.11. The molecule has 1 aliphatic rings. The fourth-order valence-corrected chi connectivity index (χ4v) is 2.25. The molecule has 2 atom stereocenters. The van der Waals surface area contributed by atoms with Gasteiger partial charge in [0, 0.05) is 0 Å². The topological polar surface area (TPSA) is 78.5 Å². The van der Waals surface area contributed by atoms with Crippen LogP contribution in [0.1, 0.15) is 20.8 Å². The minimum Gasteiger partial charge on any atom is -0.368 e. The van der Waals surface area contributed by atoms with Gasteiger partial charge >= 0.3 is 17.1 Å². The molecular weight excluding hydrogens is 286 g/mol. The van der Waals surface area contributed by atoms with Crippen LogP contribution in [0.25, 0.3) is 0 Å². The summed E-state index contributed by atoms with van der Waals surface area (Å²) < 4.78 is 8.38. The molecule has 0 N–H and O–H groups in total. The van der Waals surface area contributed by atoms with E-state index in [1.165, 1.54) is 0 Å². The SMILES string of the molecule is C=C(C)Cn1c(=O)n(CC(=C)C)c(=O)n(CC2OC2C)c1=O. The first kappa shape index (κ1) is 16.2. The highest BCUT2D eigenvalue weighted by Crippen LogP contribution is 2.21. The molecule has 0 bridgehead atoms. The van der Waals surface area contributed by atoms with E-state index in [0.29, 0.717) is 11.1 Å². The Morgan fingerprint density at radius 1 is 0.955 bits per heavy atom. The van der Waals surface area contributed by atoms with E-state index in [2.05, 4.69) is 13.2 Å². The molecule has 1 aromatic heterocycles. The predicted octanol–water partition coefficient (Wildman–Crippen LogP) is 0.111. The first-order valence-electron chi connectivity index (χ1n) is 7.11. The standard InChI is InChI=1S/C15H21N3O4/c1-9(2)6-16-13(19)17(7-10(3)4)15(21)18(14(16)20)8-12-11(5)22-12/h11-12H,1,3,6-8H2,2,4-5H3. The summed E-state index contributed by atoms with van der Waals surface area (Å²) in [6.45, 7) is 13.1. The first-order valence-corrected chi connectivity index (χ1v) is 7.11. The first-order chi connectivity index (χ1) is 10.2. The van der Waals surface area contributed by atoms with Crippen molar-refractivity contribution in [2.24, 2.45) is 0 Å². The van der Waals surface area contributed by atoms with Crippen LogP contribution in [0.5, 0.6) is 0 Å². The molecule has 7 heteroatoms. The van der Waals surface area contributed by atoms with Crippen molar-refractivity contribution in [3.8, 4) is 0 Å². The normalized spacial score (nSPS) is 20.0. The van der Waals surface area contributed by atoms with Gasteiger partial charge in [-0.3, -0.25) is 0 Å². The number of hydrogen-bond donors (Lipinski definition) is 0. The molecule has 0 aliphatic carbocycles. The number of aromatic nitrogens is 3. The van der Waals surface area contributed by atoms with E-state index in [-0.39, 0.29) is 31.8 Å². The molecular formula is C15H21N3O4. The third kappa shape index (κ3) is 3.19. The lowest BCUT2D eigenvalue weighted by Gasteiger charge is -2.13. The summed E-state index contributed by atoms with van der Waals surface area (Å²) in [5.74, 6) is 0. The Kier molecular flexibility index (Phi) is 4.37. The van der Waals surface area contributed by atoms with Crippen molar-refractivity contribution in [3.63, 3.8) is 0 Å². The lowest BCUT2D eigenvalue weighted by atomic mass is 10.3. The van der Waals surface area contributed by atoms with Gasteiger partial charge in [0.15, 0.2) is 0 Å². The summed E-state index contributed by atoms with van der Waals surface area (Å²) in [5, 5.41) is 0. The minimum atomic E-state index is -0.637. The van der Waals surface area contributed by atoms with Crippen LogP contribution in [0, 0.1) is 0 Å². The smallest absolute Gasteiger partial charge is 0.336 e. The Bertz CT molecular complexity index is 742. The van der Waals surface area contributed by atoms with E-state index in [1.807, 2.05) is 6.92 Å². The number of ether oxygens (including phenoxy) is 1. The van der Waals surface area contributed by atoms with Crippen LogP contribution in [-0.4, -0.2) is 25.9 Å². The zero-order valence-corrected chi connectivity index (χ0v) is 13.2. The molecule has 1 aliphatic heterocycles. The maximum Gasteiger partial charge on any atom is 0.336 e. The summed E-state index contributed by atoms with van der Waals surface area (Å²) in [7, 11) is 0. The van der Waals surface area contributed by atoms with Crippen molar-refractivity contribution < 1.29 is 4.74 Å². The minimum absolute atomic E-state index is 0.0161. The van der Waals surface area contributed by atoms with Crippen molar-refractivity contribution >= 4 is 0 Å². The largest absolute Gasteiger partial charge is 0.368 e. The fraction of sp³-hybridized carbons (Fsp3) is 0.533. The number of allylic oxidation sites excluding steroid dienone is 2. The molecule has 2 unspecified atom stereocenters. The van der Waals surface area contributed by atoms with Crippen molar-refractivity contribution in [2.45, 2.75) is 52.6 Å². The van der Waals surface area contributed by atoms with E-state index in [4.69, 9.17) is 4.74 Å². The molecule has 0 saturated carbocycles. The summed E-state index contributed by atoms with van der Waals surface area (Å²) in [5.41, 5.74) is -0.580. The van der Waals surface area contributed by atoms with Gasteiger partial charge in [0.25, 0.3) is 0 Å². The van der Waals surface area contributed by atoms with Gasteiger partial charge in [-0.15, -0.1) is 0 Å². The van der Waals surface area contributed by atoms with Gasteiger partial charge in [0.1, 0.15) is 6.10 Å². The van der Waals surface area contributed by atoms with Crippen LogP contribution in [0.2, 0.25) is 0 Å². The molecule has 0 radical (unpaired) electrons. The third-order valence-electron chi connectivity index (χ3n) is 3.44. The Hall–Kier alpha value is -2.15. The van der Waals surface area contributed by atoms with E-state index in [9.17, 15) is 14.4 Å². The zero-order valence-electron chi connectivity index (χ0n) is 13.2. The highest BCUT2D eigenvalue weighted by molar-refractivity contribution is 4.95. The Labute approximate surface area is 127 Å². The van der Waals surface area contributed by atoms with Gasteiger partial charge in [-0.25, -0.2) is 28.1 Å². The number of hydrogen-bond acceptors (Lipinski definition) is 4. The molecule has 120 valence electrons. The molecule has 1 fully saturated rings. The van der Waals surface area contributed by atoms with Crippen LogP contribution in [0.3, 0.4) is 0 Å². The van der Waals surface area contributed by atoms with Crippen LogP contribution in [-0.2, 0) is 24.4 Å². The van der Waals surface area contributed by atoms with Crippen LogP contribution < -0.4 is 17.1 Å². The Morgan fingerprint density at radius 2 is 1.32 bits per heavy atom. The van der Waals surface area contributed by atoms with Crippen LogP contribution in [0.4, 0.5) is 0 Å². The van der Waals surface area contributed by atoms with Gasteiger partial charge in [-0.2, -0.15) is 0 Å². The monoisotopic (exact) mass is 307 g/mol. The van der Waals surface area contributed by atoms with Crippen LogP contribution >= 0.6 is 0 Å². The predicted molar refractivity (Wildman–Crippen MR) is 83.2 cm³/mol. The number of nitrogens with zero attached hydrogens (tertiary/aromatic N) is 3. The lowest BCUT2D eigenvalue weighted by Crippen LogP contribution is -2.55. The van der Waals surface area contributed by atoms with Gasteiger partial charge in [0.2, 0.25) is 0 Å². The van der Waals surface area contributed by atoms with Gasteiger partial charge < -0.3 is 4.74 Å². The van der Waals surface area contributed by atoms with Gasteiger partial charge in [0.05, 0.1) is 25.7 Å². The summed E-state index contributed by atoms with van der Waals surface area (Å²) in [6.07, 6.45) is -0.151. The summed E-state index contributed by atoms with van der Waals surface area (Å²) in [4.78, 5) is 37.3. The molecule has 0 amide bonds. The quantitative estimate of drug-likeness (QED) is 0.552. The van der Waals surface area contributed by atoms with Crippen molar-refractivity contribution in [3.05, 3.63) is 55.8 Å². The fourth-order valence-electron chi connectivity index (χ4n) is 2.25. The van der Waals surface area contributed by atoms with Gasteiger partial charge in [-0.05, 0) is 20.8 Å². The zero-order chi connectivity index (χ0) is 16.6. The van der Waals surface area contributed by atoms with Crippen molar-refractivity contribution in [1.82, 2.24) is 13.7 Å². The molecule has 1 aromatic rings. The maximum atomic E-state index is 12.4. The maximum absolute atomic E-state index is 12.4. The molecule has 1 saturated heterocycles. The number of epoxide rings is 1. The molecule has 2 rings (SSSR count). The Balaban J connectivity index is 2.63. The van der Waals surface area contributed by atoms with Gasteiger partial charge in [-0.1, -0.05) is 24.3 Å². The summed E-state index contributed by atoms with van der Waals surface area (Å²) >= 11 is 0. The third-order valence-corrected chi connectivity index (χ3v) is 3.44. The Morgan fingerprint density at radius 3 is 1.64 bits per heavy atom. The lowest BCUT2D eigenvalue weighted by molar-refractivity contribution is 0.346. The second kappa shape index (κ2) is 5.92. The molecule has 0 aromatic carbocycles. The van der Waals surface area contributed by atoms with E-state index < -0.39 is 17.1 Å². The van der Waals surface area contributed by atoms with Crippen molar-refractivity contribution in [1.29, 1.82) is 0 Å². The molecule has 2 heterocycles. The highest BCUT2D eigenvalue weighted by Gasteiger charge is 2.35. The molecule has 7 nitrogen and oxygen atoms in total. The van der Waals surface area contributed by atoms with Crippen molar-refractivity contribution in [2.75, 3.05) is 0 Å². The number of rotatable bonds is 6. The summed E-state index contributed by atoms with van der Waals surface area (Å²) in [6, 6.07) is 0. The highest BCUT2D eigenvalue weighted by atomic mass is 16.6. The second-order valence-electron chi connectivity index (χ2n) is 5.92. The van der Waals surface area contributed by atoms with E-state index in [1.54, 1.807) is 13.8 Å². The van der Waals surface area contributed by atoms with Crippen LogP contribution in [0.15, 0.2) is 38.7 Å². The second-order valence-corrected chi connectivity index (χ2v) is 5.92. The molecule has 22 heavy (non-hydrogen) atoms. The molecule has 0 spiro atoms. The van der Waals surface area contributed by atoms with E-state index in [0.717, 1.165) is 13.7 Å². The average molecular weight is 307 g/mol. The van der Waals surface area contributed by atoms with E-state index >= 15 is 0 Å².